The lowest BCUT2D eigenvalue weighted by atomic mass is 9.96. The molecule has 0 bridgehead atoms. The number of hydrogen-bond donors (Lipinski definition) is 2. The van der Waals surface area contributed by atoms with Crippen LogP contribution in [0, 0.1) is 11.8 Å². The smallest absolute Gasteiger partial charge is 0.309 e. The molecule has 1 heterocycles. The lowest BCUT2D eigenvalue weighted by Crippen LogP contribution is -2.46. The number of amides is 3. The topological polar surface area (TPSA) is 87.7 Å². The molecule has 0 radical (unpaired) electrons. The van der Waals surface area contributed by atoms with Crippen molar-refractivity contribution in [1.29, 1.82) is 0 Å². The van der Waals surface area contributed by atoms with Gasteiger partial charge in [-0.25, -0.2) is 0 Å². The van der Waals surface area contributed by atoms with E-state index in [1.165, 1.54) is 0 Å². The summed E-state index contributed by atoms with van der Waals surface area (Å²) in [6.07, 6.45) is 1.59. The maximum absolute atomic E-state index is 12.2. The Kier molecular flexibility index (Phi) is 8.10. The van der Waals surface area contributed by atoms with Gasteiger partial charge < -0.3 is 20.3 Å². The zero-order valence-electron chi connectivity index (χ0n) is 16.1. The molecule has 3 amide bonds. The fourth-order valence-corrected chi connectivity index (χ4v) is 2.83. The van der Waals surface area contributed by atoms with Crippen molar-refractivity contribution in [2.45, 2.75) is 26.7 Å². The third kappa shape index (κ3) is 7.29. The van der Waals surface area contributed by atoms with Crippen molar-refractivity contribution in [3.8, 4) is 5.75 Å². The number of nitrogens with one attached hydrogen (secondary N) is 2. The van der Waals surface area contributed by atoms with Gasteiger partial charge in [-0.1, -0.05) is 32.0 Å². The number of carbonyl (C=O) groups excluding carboxylic acids is 3. The minimum Gasteiger partial charge on any atom is -0.484 e. The van der Waals surface area contributed by atoms with Crippen LogP contribution in [0.5, 0.6) is 5.75 Å². The Labute approximate surface area is 160 Å². The van der Waals surface area contributed by atoms with Crippen LogP contribution in [-0.2, 0) is 14.4 Å². The van der Waals surface area contributed by atoms with E-state index in [1.54, 1.807) is 4.90 Å². The predicted molar refractivity (Wildman–Crippen MR) is 102 cm³/mol. The maximum atomic E-state index is 12.2. The van der Waals surface area contributed by atoms with E-state index in [9.17, 15) is 14.4 Å². The van der Waals surface area contributed by atoms with E-state index in [1.807, 2.05) is 44.2 Å². The third-order valence-corrected chi connectivity index (χ3v) is 4.50. The summed E-state index contributed by atoms with van der Waals surface area (Å²) in [6.45, 7) is 6.18. The van der Waals surface area contributed by atoms with Gasteiger partial charge in [-0.05, 0) is 36.8 Å². The largest absolute Gasteiger partial charge is 0.484 e. The normalized spacial score (nSPS) is 14.7. The van der Waals surface area contributed by atoms with E-state index < -0.39 is 11.8 Å². The first-order valence-electron chi connectivity index (χ1n) is 9.47. The molecule has 0 unspecified atom stereocenters. The predicted octanol–water partition coefficient (Wildman–Crippen LogP) is 1.19. The van der Waals surface area contributed by atoms with Crippen molar-refractivity contribution in [3.63, 3.8) is 0 Å². The lowest BCUT2D eigenvalue weighted by molar-refractivity contribution is -0.139. The van der Waals surface area contributed by atoms with Gasteiger partial charge in [0, 0.05) is 26.2 Å². The van der Waals surface area contributed by atoms with Crippen molar-refractivity contribution in [3.05, 3.63) is 30.3 Å². The van der Waals surface area contributed by atoms with Gasteiger partial charge >= 0.3 is 11.8 Å². The zero-order chi connectivity index (χ0) is 19.6. The van der Waals surface area contributed by atoms with E-state index in [0.29, 0.717) is 37.8 Å². The Hall–Kier alpha value is -2.57. The Balaban J connectivity index is 1.64. The standard InChI is InChI=1S/C20H29N3O4/c1-15(2)12-21-19(25)20(26)22-13-16-8-10-23(11-9-16)18(24)14-27-17-6-4-3-5-7-17/h3-7,15-16H,8-14H2,1-2H3,(H,21,25)(H,22,26). The van der Waals surface area contributed by atoms with Crippen molar-refractivity contribution in [1.82, 2.24) is 15.5 Å². The first-order chi connectivity index (χ1) is 13.0. The summed E-state index contributed by atoms with van der Waals surface area (Å²) in [4.78, 5) is 37.5. The molecule has 1 fully saturated rings. The molecule has 2 rings (SSSR count). The number of hydrogen-bond acceptors (Lipinski definition) is 4. The minimum absolute atomic E-state index is 0.0292. The van der Waals surface area contributed by atoms with E-state index >= 15 is 0 Å². The molecule has 1 aromatic rings. The van der Waals surface area contributed by atoms with Crippen molar-refractivity contribution >= 4 is 17.7 Å². The van der Waals surface area contributed by atoms with Crippen LogP contribution >= 0.6 is 0 Å². The highest BCUT2D eigenvalue weighted by molar-refractivity contribution is 6.35. The summed E-state index contributed by atoms with van der Waals surface area (Å²) in [6, 6.07) is 9.26. The molecule has 1 aromatic carbocycles. The molecule has 0 saturated carbocycles. The summed E-state index contributed by atoms with van der Waals surface area (Å²) in [7, 11) is 0. The highest BCUT2D eigenvalue weighted by Gasteiger charge is 2.24. The third-order valence-electron chi connectivity index (χ3n) is 4.50. The van der Waals surface area contributed by atoms with E-state index in [0.717, 1.165) is 12.8 Å². The van der Waals surface area contributed by atoms with Crippen LogP contribution < -0.4 is 15.4 Å². The molecule has 0 aromatic heterocycles. The Morgan fingerprint density at radius 2 is 1.70 bits per heavy atom. The van der Waals surface area contributed by atoms with Gasteiger partial charge in [-0.2, -0.15) is 0 Å². The Bertz CT molecular complexity index is 625. The van der Waals surface area contributed by atoms with Gasteiger partial charge in [0.2, 0.25) is 0 Å². The minimum atomic E-state index is -0.592. The van der Waals surface area contributed by atoms with Crippen LogP contribution in [0.4, 0.5) is 0 Å². The monoisotopic (exact) mass is 375 g/mol. The highest BCUT2D eigenvalue weighted by atomic mass is 16.5. The molecule has 0 spiro atoms. The number of benzene rings is 1. The molecule has 27 heavy (non-hydrogen) atoms. The summed E-state index contributed by atoms with van der Waals surface area (Å²) >= 11 is 0. The summed E-state index contributed by atoms with van der Waals surface area (Å²) in [5, 5.41) is 5.29. The first-order valence-corrected chi connectivity index (χ1v) is 9.47. The molecular formula is C20H29N3O4. The van der Waals surface area contributed by atoms with E-state index in [2.05, 4.69) is 10.6 Å². The SMILES string of the molecule is CC(C)CNC(=O)C(=O)NCC1CCN(C(=O)COc2ccccc2)CC1. The van der Waals surface area contributed by atoms with Gasteiger partial charge in [0.1, 0.15) is 5.75 Å². The highest BCUT2D eigenvalue weighted by Crippen LogP contribution is 2.17. The average molecular weight is 375 g/mol. The molecule has 2 N–H and O–H groups in total. The summed E-state index contributed by atoms with van der Waals surface area (Å²) in [5.41, 5.74) is 0. The van der Waals surface area contributed by atoms with Gasteiger partial charge in [0.15, 0.2) is 6.61 Å². The Morgan fingerprint density at radius 1 is 1.07 bits per heavy atom. The molecule has 7 heteroatoms. The molecular weight excluding hydrogens is 346 g/mol. The molecule has 1 aliphatic rings. The lowest BCUT2D eigenvalue weighted by Gasteiger charge is -2.32. The van der Waals surface area contributed by atoms with Crippen LogP contribution in [-0.4, -0.2) is 55.4 Å². The number of rotatable bonds is 7. The quantitative estimate of drug-likeness (QED) is 0.701. The van der Waals surface area contributed by atoms with Gasteiger partial charge in [0.25, 0.3) is 5.91 Å². The van der Waals surface area contributed by atoms with E-state index in [4.69, 9.17) is 4.74 Å². The van der Waals surface area contributed by atoms with Gasteiger partial charge in [0.05, 0.1) is 0 Å². The number of ether oxygens (including phenoxy) is 1. The first kappa shape index (κ1) is 20.7. The molecule has 7 nitrogen and oxygen atoms in total. The van der Waals surface area contributed by atoms with Gasteiger partial charge in [-0.3, -0.25) is 14.4 Å². The molecule has 1 saturated heterocycles. The molecule has 0 atom stereocenters. The van der Waals surface area contributed by atoms with Crippen LogP contribution in [0.2, 0.25) is 0 Å². The molecule has 0 aliphatic carbocycles. The van der Waals surface area contributed by atoms with Crippen LogP contribution in [0.1, 0.15) is 26.7 Å². The Morgan fingerprint density at radius 3 is 2.33 bits per heavy atom. The summed E-state index contributed by atoms with van der Waals surface area (Å²) < 4.78 is 5.50. The fourth-order valence-electron chi connectivity index (χ4n) is 2.83. The van der Waals surface area contributed by atoms with Crippen molar-refractivity contribution in [2.75, 3.05) is 32.8 Å². The van der Waals surface area contributed by atoms with Gasteiger partial charge in [-0.15, -0.1) is 0 Å². The van der Waals surface area contributed by atoms with Crippen molar-refractivity contribution < 1.29 is 19.1 Å². The number of carbonyl (C=O) groups is 3. The maximum Gasteiger partial charge on any atom is 0.309 e. The van der Waals surface area contributed by atoms with Crippen LogP contribution in [0.15, 0.2) is 30.3 Å². The number of para-hydroxylation sites is 1. The molecule has 1 aliphatic heterocycles. The van der Waals surface area contributed by atoms with Crippen LogP contribution in [0.3, 0.4) is 0 Å². The summed E-state index contributed by atoms with van der Waals surface area (Å²) in [5.74, 6) is 0.0359. The number of likely N-dealkylation sites (tertiary alicyclic amines) is 1. The van der Waals surface area contributed by atoms with Crippen molar-refractivity contribution in [2.24, 2.45) is 11.8 Å². The number of nitrogens with zero attached hydrogens (tertiary/aromatic N) is 1. The molecule has 148 valence electrons. The average Bonchev–Trinajstić information content (AvgIpc) is 2.69. The second kappa shape index (κ2) is 10.5. The zero-order valence-corrected chi connectivity index (χ0v) is 16.1. The number of piperidine rings is 1. The second-order valence-electron chi connectivity index (χ2n) is 7.24. The van der Waals surface area contributed by atoms with Crippen LogP contribution in [0.25, 0.3) is 0 Å². The van der Waals surface area contributed by atoms with E-state index in [-0.39, 0.29) is 18.4 Å². The fraction of sp³-hybridized carbons (Fsp3) is 0.550. The second-order valence-corrected chi connectivity index (χ2v) is 7.24.